The Balaban J connectivity index is 1.78. The van der Waals surface area contributed by atoms with Crippen LogP contribution in [0.25, 0.3) is 0 Å². The van der Waals surface area contributed by atoms with Crippen molar-refractivity contribution in [3.63, 3.8) is 0 Å². The van der Waals surface area contributed by atoms with Crippen LogP contribution in [0.1, 0.15) is 36.1 Å². The lowest BCUT2D eigenvalue weighted by atomic mass is 9.92. The van der Waals surface area contributed by atoms with Crippen LogP contribution in [0.3, 0.4) is 0 Å². The summed E-state index contributed by atoms with van der Waals surface area (Å²) < 4.78 is 11.2. The minimum atomic E-state index is -1.08. The summed E-state index contributed by atoms with van der Waals surface area (Å²) in [5.41, 5.74) is 2.92. The van der Waals surface area contributed by atoms with Crippen molar-refractivity contribution in [1.82, 2.24) is 0 Å². The van der Waals surface area contributed by atoms with Gasteiger partial charge in [-0.1, -0.05) is 35.9 Å². The number of hydrogen-bond donors (Lipinski definition) is 3. The molecule has 1 heterocycles. The summed E-state index contributed by atoms with van der Waals surface area (Å²) in [5.74, 6) is 0.833. The predicted octanol–water partition coefficient (Wildman–Crippen LogP) is 2.87. The average molecular weight is 393 g/mol. The molecule has 0 radical (unpaired) electrons. The molecule has 0 bridgehead atoms. The number of benzene rings is 2. The van der Waals surface area contributed by atoms with Crippen LogP contribution in [0.2, 0.25) is 5.02 Å². The van der Waals surface area contributed by atoms with E-state index in [2.05, 4.69) is 0 Å². The summed E-state index contributed by atoms with van der Waals surface area (Å²) in [6.07, 6.45) is -2.31. The van der Waals surface area contributed by atoms with Gasteiger partial charge in [0.2, 0.25) is 0 Å². The van der Waals surface area contributed by atoms with Crippen LogP contribution in [-0.2, 0) is 11.2 Å². The Morgan fingerprint density at radius 2 is 1.89 bits per heavy atom. The first kappa shape index (κ1) is 20.1. The fourth-order valence-electron chi connectivity index (χ4n) is 3.34. The fourth-order valence-corrected chi connectivity index (χ4v) is 3.52. The maximum Gasteiger partial charge on any atom is 0.119 e. The van der Waals surface area contributed by atoms with Gasteiger partial charge in [0, 0.05) is 11.4 Å². The molecule has 3 N–H and O–H groups in total. The molecule has 6 heteroatoms. The molecule has 1 aliphatic heterocycles. The third-order valence-corrected chi connectivity index (χ3v) is 5.19. The van der Waals surface area contributed by atoms with Gasteiger partial charge in [0.25, 0.3) is 0 Å². The van der Waals surface area contributed by atoms with E-state index in [1.165, 1.54) is 0 Å². The summed E-state index contributed by atoms with van der Waals surface area (Å²) in [7, 11) is 0. The summed E-state index contributed by atoms with van der Waals surface area (Å²) in [5, 5.41) is 30.0. The van der Waals surface area contributed by atoms with Crippen molar-refractivity contribution in [2.75, 3.05) is 13.2 Å². The van der Waals surface area contributed by atoms with Gasteiger partial charge in [0.1, 0.15) is 18.0 Å². The summed E-state index contributed by atoms with van der Waals surface area (Å²) >= 11 is 6.38. The molecule has 2 aromatic rings. The maximum atomic E-state index is 10.1. The molecule has 0 saturated carbocycles. The van der Waals surface area contributed by atoms with E-state index in [-0.39, 0.29) is 13.0 Å². The molecular weight excluding hydrogens is 368 g/mol. The van der Waals surface area contributed by atoms with Gasteiger partial charge < -0.3 is 24.8 Å². The van der Waals surface area contributed by atoms with Gasteiger partial charge in [0.05, 0.1) is 25.4 Å². The Bertz CT molecular complexity index is 749. The van der Waals surface area contributed by atoms with Gasteiger partial charge in [-0.05, 0) is 48.2 Å². The van der Waals surface area contributed by atoms with Crippen LogP contribution in [-0.4, -0.2) is 46.8 Å². The number of ether oxygens (including phenoxy) is 2. The number of hydrogen-bond acceptors (Lipinski definition) is 5. The SMILES string of the molecule is CCOc1ccc(Cc2cc(C3CC(O)[C@H](O)C(CO)O3)ccc2Cl)cc1. The monoisotopic (exact) mass is 392 g/mol. The molecule has 3 unspecified atom stereocenters. The largest absolute Gasteiger partial charge is 0.494 e. The van der Waals surface area contributed by atoms with E-state index >= 15 is 0 Å². The van der Waals surface area contributed by atoms with Gasteiger partial charge in [-0.15, -0.1) is 0 Å². The van der Waals surface area contributed by atoms with Gasteiger partial charge >= 0.3 is 0 Å². The van der Waals surface area contributed by atoms with Crippen molar-refractivity contribution >= 4 is 11.6 Å². The molecule has 4 atom stereocenters. The van der Waals surface area contributed by atoms with Crippen molar-refractivity contribution in [1.29, 1.82) is 0 Å². The number of halogens is 1. The fraction of sp³-hybridized carbons (Fsp3) is 0.429. The van der Waals surface area contributed by atoms with Crippen LogP contribution >= 0.6 is 11.6 Å². The first-order valence-electron chi connectivity index (χ1n) is 9.14. The van der Waals surface area contributed by atoms with Crippen molar-refractivity contribution in [3.8, 4) is 5.75 Å². The van der Waals surface area contributed by atoms with E-state index in [0.717, 1.165) is 22.4 Å². The zero-order valence-corrected chi connectivity index (χ0v) is 16.0. The van der Waals surface area contributed by atoms with Gasteiger partial charge in [-0.2, -0.15) is 0 Å². The summed E-state index contributed by atoms with van der Waals surface area (Å²) in [6, 6.07) is 13.5. The average Bonchev–Trinajstić information content (AvgIpc) is 2.67. The quantitative estimate of drug-likeness (QED) is 0.704. The maximum absolute atomic E-state index is 10.1. The minimum Gasteiger partial charge on any atom is -0.494 e. The van der Waals surface area contributed by atoms with Crippen LogP contribution in [0.15, 0.2) is 42.5 Å². The highest BCUT2D eigenvalue weighted by atomic mass is 35.5. The number of rotatable bonds is 6. The highest BCUT2D eigenvalue weighted by Gasteiger charge is 2.37. The molecule has 0 aliphatic carbocycles. The van der Waals surface area contributed by atoms with Gasteiger partial charge in [-0.3, -0.25) is 0 Å². The Hall–Kier alpha value is -1.63. The third kappa shape index (κ3) is 4.81. The first-order valence-corrected chi connectivity index (χ1v) is 9.52. The molecular formula is C21H25ClO5. The van der Waals surface area contributed by atoms with Crippen LogP contribution < -0.4 is 4.74 Å². The van der Waals surface area contributed by atoms with Crippen LogP contribution in [0.4, 0.5) is 0 Å². The summed E-state index contributed by atoms with van der Waals surface area (Å²) in [4.78, 5) is 0. The first-order chi connectivity index (χ1) is 13.0. The highest BCUT2D eigenvalue weighted by Crippen LogP contribution is 2.34. The molecule has 1 fully saturated rings. The third-order valence-electron chi connectivity index (χ3n) is 4.82. The molecule has 2 aromatic carbocycles. The van der Waals surface area contributed by atoms with Crippen molar-refractivity contribution in [2.24, 2.45) is 0 Å². The second-order valence-corrected chi connectivity index (χ2v) is 7.15. The second-order valence-electron chi connectivity index (χ2n) is 6.74. The molecule has 1 aliphatic rings. The standard InChI is InChI=1S/C21H25ClO5/c1-2-26-16-6-3-13(4-7-16)9-15-10-14(5-8-17(15)22)19-11-18(24)21(25)20(12-23)27-19/h3-8,10,18-21,23-25H,2,9,11-12H2,1H3/t18?,19?,20?,21-/m0/s1. The molecule has 5 nitrogen and oxygen atoms in total. The van der Waals surface area contributed by atoms with Crippen molar-refractivity contribution in [3.05, 3.63) is 64.2 Å². The van der Waals surface area contributed by atoms with Crippen molar-refractivity contribution in [2.45, 2.75) is 44.2 Å². The number of aliphatic hydroxyl groups is 3. The van der Waals surface area contributed by atoms with E-state index in [1.807, 2.05) is 49.4 Å². The van der Waals surface area contributed by atoms with Gasteiger partial charge in [-0.25, -0.2) is 0 Å². The topological polar surface area (TPSA) is 79.2 Å². The molecule has 3 rings (SSSR count). The van der Waals surface area contributed by atoms with Gasteiger partial charge in [0.15, 0.2) is 0 Å². The molecule has 0 aromatic heterocycles. The highest BCUT2D eigenvalue weighted by molar-refractivity contribution is 6.31. The zero-order chi connectivity index (χ0) is 19.4. The molecule has 1 saturated heterocycles. The van der Waals surface area contributed by atoms with Crippen LogP contribution in [0, 0.1) is 0 Å². The Morgan fingerprint density at radius 3 is 2.56 bits per heavy atom. The Labute approximate surface area is 164 Å². The predicted molar refractivity (Wildman–Crippen MR) is 103 cm³/mol. The molecule has 0 spiro atoms. The lowest BCUT2D eigenvalue weighted by Crippen LogP contribution is -2.47. The molecule has 0 amide bonds. The van der Waals surface area contributed by atoms with E-state index in [0.29, 0.717) is 18.1 Å². The van der Waals surface area contributed by atoms with E-state index in [1.54, 1.807) is 0 Å². The van der Waals surface area contributed by atoms with E-state index in [9.17, 15) is 15.3 Å². The normalized spacial score (nSPS) is 25.4. The molecule has 146 valence electrons. The Morgan fingerprint density at radius 1 is 1.15 bits per heavy atom. The Kier molecular flexibility index (Phi) is 6.73. The molecule has 27 heavy (non-hydrogen) atoms. The lowest BCUT2D eigenvalue weighted by molar-refractivity contribution is -0.181. The van der Waals surface area contributed by atoms with E-state index < -0.39 is 24.4 Å². The van der Waals surface area contributed by atoms with E-state index in [4.69, 9.17) is 21.1 Å². The smallest absolute Gasteiger partial charge is 0.119 e. The zero-order valence-electron chi connectivity index (χ0n) is 15.2. The van der Waals surface area contributed by atoms with Crippen molar-refractivity contribution < 1.29 is 24.8 Å². The van der Waals surface area contributed by atoms with Crippen LogP contribution in [0.5, 0.6) is 5.75 Å². The second kappa shape index (κ2) is 9.04. The summed E-state index contributed by atoms with van der Waals surface area (Å²) in [6.45, 7) is 2.23. The minimum absolute atomic E-state index is 0.266. The lowest BCUT2D eigenvalue weighted by Gasteiger charge is -2.36. The number of aliphatic hydroxyl groups excluding tert-OH is 3.